The van der Waals surface area contributed by atoms with E-state index in [2.05, 4.69) is 9.88 Å². The molecule has 2 heterocycles. The van der Waals surface area contributed by atoms with Crippen LogP contribution in [0, 0.1) is 6.92 Å². The Labute approximate surface area is 108 Å². The highest BCUT2D eigenvalue weighted by Gasteiger charge is 2.30. The number of nitrogens with zero attached hydrogens (tertiary/aromatic N) is 2. The van der Waals surface area contributed by atoms with Gasteiger partial charge in [-0.25, -0.2) is 13.4 Å². The summed E-state index contributed by atoms with van der Waals surface area (Å²) in [5.41, 5.74) is 7.88. The third kappa shape index (κ3) is 2.49. The van der Waals surface area contributed by atoms with Gasteiger partial charge in [-0.2, -0.15) is 0 Å². The van der Waals surface area contributed by atoms with E-state index in [1.807, 2.05) is 19.9 Å². The van der Waals surface area contributed by atoms with E-state index in [1.54, 1.807) is 6.20 Å². The first-order valence-electron chi connectivity index (χ1n) is 6.06. The molecule has 0 amide bonds. The van der Waals surface area contributed by atoms with Gasteiger partial charge in [0, 0.05) is 30.9 Å². The molecule has 5 nitrogen and oxygen atoms in total. The molecular weight excluding hydrogens is 250 g/mol. The van der Waals surface area contributed by atoms with Crippen LogP contribution < -0.4 is 10.6 Å². The molecule has 0 radical (unpaired) electrons. The highest BCUT2D eigenvalue weighted by molar-refractivity contribution is 7.91. The van der Waals surface area contributed by atoms with Crippen LogP contribution in [-0.4, -0.2) is 37.5 Å². The van der Waals surface area contributed by atoms with Gasteiger partial charge in [-0.1, -0.05) is 0 Å². The van der Waals surface area contributed by atoms with Crippen LogP contribution in [0.1, 0.15) is 18.1 Å². The predicted octanol–water partition coefficient (Wildman–Crippen LogP) is 0.472. The second-order valence-electron chi connectivity index (χ2n) is 4.79. The molecule has 0 aromatic carbocycles. The van der Waals surface area contributed by atoms with Crippen LogP contribution in [0.2, 0.25) is 0 Å². The average molecular weight is 269 g/mol. The van der Waals surface area contributed by atoms with Crippen LogP contribution in [0.4, 0.5) is 5.82 Å². The number of sulfone groups is 1. The van der Waals surface area contributed by atoms with Crippen LogP contribution in [0.3, 0.4) is 0 Å². The lowest BCUT2D eigenvalue weighted by Crippen LogP contribution is -2.47. The van der Waals surface area contributed by atoms with Gasteiger partial charge in [-0.3, -0.25) is 0 Å². The molecule has 1 unspecified atom stereocenters. The zero-order valence-corrected chi connectivity index (χ0v) is 11.6. The van der Waals surface area contributed by atoms with Crippen molar-refractivity contribution in [3.8, 4) is 0 Å². The number of hydrogen-bond donors (Lipinski definition) is 1. The summed E-state index contributed by atoms with van der Waals surface area (Å²) in [6, 6.07) is 1.88. The molecule has 100 valence electrons. The van der Waals surface area contributed by atoms with Crippen LogP contribution in [-0.2, 0) is 16.4 Å². The van der Waals surface area contributed by atoms with Crippen molar-refractivity contribution in [1.29, 1.82) is 0 Å². The van der Waals surface area contributed by atoms with Crippen molar-refractivity contribution in [2.45, 2.75) is 26.4 Å². The molecular formula is C12H19N3O2S. The van der Waals surface area contributed by atoms with E-state index < -0.39 is 9.84 Å². The summed E-state index contributed by atoms with van der Waals surface area (Å²) in [6.45, 7) is 4.83. The van der Waals surface area contributed by atoms with Crippen LogP contribution in [0.5, 0.6) is 0 Å². The van der Waals surface area contributed by atoms with E-state index in [9.17, 15) is 8.42 Å². The van der Waals surface area contributed by atoms with Gasteiger partial charge in [-0.05, 0) is 25.5 Å². The maximum Gasteiger partial charge on any atom is 0.154 e. The van der Waals surface area contributed by atoms with Gasteiger partial charge >= 0.3 is 0 Å². The van der Waals surface area contributed by atoms with Gasteiger partial charge < -0.3 is 10.6 Å². The van der Waals surface area contributed by atoms with E-state index >= 15 is 0 Å². The first-order chi connectivity index (χ1) is 8.44. The van der Waals surface area contributed by atoms with Crippen molar-refractivity contribution in [2.24, 2.45) is 5.73 Å². The summed E-state index contributed by atoms with van der Waals surface area (Å²) in [5, 5.41) is 0. The van der Waals surface area contributed by atoms with Crippen molar-refractivity contribution < 1.29 is 8.42 Å². The Morgan fingerprint density at radius 1 is 1.56 bits per heavy atom. The topological polar surface area (TPSA) is 76.3 Å². The van der Waals surface area contributed by atoms with E-state index in [4.69, 9.17) is 5.73 Å². The van der Waals surface area contributed by atoms with Crippen LogP contribution >= 0.6 is 0 Å². The van der Waals surface area contributed by atoms with E-state index in [0.29, 0.717) is 13.1 Å². The molecule has 2 N–H and O–H groups in total. The number of nitrogens with two attached hydrogens (primary N) is 1. The quantitative estimate of drug-likeness (QED) is 0.844. The Kier molecular flexibility index (Phi) is 3.59. The molecule has 1 aliphatic heterocycles. The SMILES string of the molecule is Cc1ccnc(N2CCS(=O)(=O)CC2C)c1CN. The van der Waals surface area contributed by atoms with Crippen molar-refractivity contribution >= 4 is 15.7 Å². The maximum atomic E-state index is 11.6. The Bertz CT molecular complexity index is 542. The zero-order chi connectivity index (χ0) is 13.3. The van der Waals surface area contributed by atoms with Gasteiger partial charge in [0.25, 0.3) is 0 Å². The molecule has 0 spiro atoms. The van der Waals surface area contributed by atoms with E-state index in [1.165, 1.54) is 0 Å². The Morgan fingerprint density at radius 2 is 2.28 bits per heavy atom. The molecule has 1 aliphatic rings. The standard InChI is InChI=1S/C12H19N3O2S/c1-9-3-4-14-12(11(9)7-13)15-5-6-18(16,17)8-10(15)2/h3-4,10H,5-8,13H2,1-2H3. The third-order valence-corrected chi connectivity index (χ3v) is 5.21. The molecule has 1 aromatic heterocycles. The summed E-state index contributed by atoms with van der Waals surface area (Å²) < 4.78 is 23.2. The second kappa shape index (κ2) is 4.85. The number of hydrogen-bond acceptors (Lipinski definition) is 5. The van der Waals surface area contributed by atoms with Gasteiger partial charge in [0.2, 0.25) is 0 Å². The number of pyridine rings is 1. The van der Waals surface area contributed by atoms with Gasteiger partial charge in [-0.15, -0.1) is 0 Å². The van der Waals surface area contributed by atoms with Crippen molar-refractivity contribution in [3.63, 3.8) is 0 Å². The highest BCUT2D eigenvalue weighted by Crippen LogP contribution is 2.25. The molecule has 6 heteroatoms. The molecule has 0 bridgehead atoms. The molecule has 2 rings (SSSR count). The maximum absolute atomic E-state index is 11.6. The molecule has 0 aliphatic carbocycles. The summed E-state index contributed by atoms with van der Waals surface area (Å²) in [4.78, 5) is 6.44. The lowest BCUT2D eigenvalue weighted by molar-refractivity contribution is 0.566. The van der Waals surface area contributed by atoms with Gasteiger partial charge in [0.05, 0.1) is 11.5 Å². The molecule has 1 aromatic rings. The number of anilines is 1. The van der Waals surface area contributed by atoms with Crippen LogP contribution in [0.15, 0.2) is 12.3 Å². The Morgan fingerprint density at radius 3 is 2.89 bits per heavy atom. The smallest absolute Gasteiger partial charge is 0.154 e. The first kappa shape index (κ1) is 13.3. The van der Waals surface area contributed by atoms with Crippen molar-refractivity contribution in [2.75, 3.05) is 23.0 Å². The minimum atomic E-state index is -2.90. The number of rotatable bonds is 2. The summed E-state index contributed by atoms with van der Waals surface area (Å²) in [6.07, 6.45) is 1.75. The fourth-order valence-corrected chi connectivity index (χ4v) is 3.94. The van der Waals surface area contributed by atoms with Crippen molar-refractivity contribution in [1.82, 2.24) is 4.98 Å². The first-order valence-corrected chi connectivity index (χ1v) is 7.88. The highest BCUT2D eigenvalue weighted by atomic mass is 32.2. The molecule has 1 atom stereocenters. The minimum Gasteiger partial charge on any atom is -0.352 e. The number of aromatic nitrogens is 1. The zero-order valence-electron chi connectivity index (χ0n) is 10.8. The fraction of sp³-hybridized carbons (Fsp3) is 0.583. The lowest BCUT2D eigenvalue weighted by Gasteiger charge is -2.35. The largest absolute Gasteiger partial charge is 0.352 e. The normalized spacial score (nSPS) is 23.1. The van der Waals surface area contributed by atoms with E-state index in [0.717, 1.165) is 16.9 Å². The summed E-state index contributed by atoms with van der Waals surface area (Å²) >= 11 is 0. The monoisotopic (exact) mass is 269 g/mol. The fourth-order valence-electron chi connectivity index (χ4n) is 2.39. The molecule has 18 heavy (non-hydrogen) atoms. The Hall–Kier alpha value is -1.14. The molecule has 1 fully saturated rings. The minimum absolute atomic E-state index is 0.0525. The number of aryl methyl sites for hydroxylation is 1. The van der Waals surface area contributed by atoms with Crippen LogP contribution in [0.25, 0.3) is 0 Å². The van der Waals surface area contributed by atoms with Crippen molar-refractivity contribution in [3.05, 3.63) is 23.4 Å². The average Bonchev–Trinajstić information content (AvgIpc) is 2.27. The summed E-state index contributed by atoms with van der Waals surface area (Å²) in [5.74, 6) is 1.21. The molecule has 1 saturated heterocycles. The Balaban J connectivity index is 2.36. The van der Waals surface area contributed by atoms with E-state index in [-0.39, 0.29) is 17.5 Å². The predicted molar refractivity (Wildman–Crippen MR) is 72.3 cm³/mol. The van der Waals surface area contributed by atoms with Gasteiger partial charge in [0.15, 0.2) is 9.84 Å². The van der Waals surface area contributed by atoms with Gasteiger partial charge in [0.1, 0.15) is 5.82 Å². The second-order valence-corrected chi connectivity index (χ2v) is 7.02. The summed E-state index contributed by atoms with van der Waals surface area (Å²) in [7, 11) is -2.90. The lowest BCUT2D eigenvalue weighted by atomic mass is 10.1. The third-order valence-electron chi connectivity index (χ3n) is 3.41. The molecule has 0 saturated carbocycles.